The standard InChI is InChI=1S/C42H56O2/c1-37(2,3)35-27-23-19-15-13-17-22-26-32-42(44,40(10,11)12)34-30-36(38(4,5)6)28-24-20-16-14-18-21-25-31-41(43,33-29-35)39(7,8)9/h13-28,31-32,43-44H,1-12H3/b15-13+,16-14+,21-18+,22-17+,23-19+,24-20+,31-25+,32-26+,35-27+,36-28+. The lowest BCUT2D eigenvalue weighted by Gasteiger charge is -2.33. The Hall–Kier alpha value is -3.56. The largest absolute Gasteiger partial charge is 0.373 e. The molecule has 1 aliphatic carbocycles. The highest BCUT2D eigenvalue weighted by Gasteiger charge is 2.37. The highest BCUT2D eigenvalue weighted by molar-refractivity contribution is 5.43. The molecule has 44 heavy (non-hydrogen) atoms. The van der Waals surface area contributed by atoms with Crippen molar-refractivity contribution in [2.45, 2.75) is 94.3 Å². The van der Waals surface area contributed by atoms with Crippen molar-refractivity contribution < 1.29 is 10.2 Å². The van der Waals surface area contributed by atoms with Crippen LogP contribution in [0.15, 0.2) is 121 Å². The summed E-state index contributed by atoms with van der Waals surface area (Å²) in [6, 6.07) is 0. The second-order valence-electron chi connectivity index (χ2n) is 15.2. The summed E-state index contributed by atoms with van der Waals surface area (Å²) in [4.78, 5) is 0. The predicted molar refractivity (Wildman–Crippen MR) is 193 cm³/mol. The fraction of sp³-hybridized carbons (Fsp3) is 0.429. The van der Waals surface area contributed by atoms with Crippen LogP contribution >= 0.6 is 0 Å². The van der Waals surface area contributed by atoms with E-state index in [2.05, 4.69) is 65.2 Å². The van der Waals surface area contributed by atoms with E-state index in [1.165, 1.54) is 0 Å². The summed E-state index contributed by atoms with van der Waals surface area (Å²) in [7, 11) is 0. The average molecular weight is 593 g/mol. The van der Waals surface area contributed by atoms with Gasteiger partial charge >= 0.3 is 0 Å². The van der Waals surface area contributed by atoms with Gasteiger partial charge in [-0.15, -0.1) is 0 Å². The van der Waals surface area contributed by atoms with Crippen LogP contribution in [0.1, 0.15) is 83.1 Å². The van der Waals surface area contributed by atoms with Crippen LogP contribution in [0.3, 0.4) is 0 Å². The van der Waals surface area contributed by atoms with E-state index in [1.807, 2.05) is 139 Å². The summed E-state index contributed by atoms with van der Waals surface area (Å²) < 4.78 is 0. The van der Waals surface area contributed by atoms with Gasteiger partial charge in [-0.2, -0.15) is 0 Å². The van der Waals surface area contributed by atoms with Crippen LogP contribution in [0.5, 0.6) is 0 Å². The summed E-state index contributed by atoms with van der Waals surface area (Å²) in [5, 5.41) is 23.1. The van der Waals surface area contributed by atoms with Gasteiger partial charge in [0, 0.05) is 22.0 Å². The Kier molecular flexibility index (Phi) is 13.9. The van der Waals surface area contributed by atoms with Crippen LogP contribution < -0.4 is 0 Å². The molecular weight excluding hydrogens is 536 g/mol. The van der Waals surface area contributed by atoms with Crippen molar-refractivity contribution in [1.82, 2.24) is 0 Å². The molecule has 1 aliphatic rings. The summed E-state index contributed by atoms with van der Waals surface area (Å²) in [6.07, 6.45) is 34.4. The van der Waals surface area contributed by atoms with E-state index in [4.69, 9.17) is 0 Å². The highest BCUT2D eigenvalue weighted by atomic mass is 16.3. The number of aliphatic hydroxyl groups is 2. The van der Waals surface area contributed by atoms with Gasteiger partial charge in [0.25, 0.3) is 0 Å². The van der Waals surface area contributed by atoms with Gasteiger partial charge in [-0.25, -0.2) is 0 Å². The van der Waals surface area contributed by atoms with Crippen LogP contribution in [0.2, 0.25) is 0 Å². The minimum atomic E-state index is -1.31. The normalized spacial score (nSPS) is 31.1. The maximum atomic E-state index is 11.5. The van der Waals surface area contributed by atoms with Gasteiger partial charge in [0.15, 0.2) is 0 Å². The zero-order chi connectivity index (χ0) is 33.7. The lowest BCUT2D eigenvalue weighted by molar-refractivity contribution is 0.0398. The maximum absolute atomic E-state index is 11.5. The van der Waals surface area contributed by atoms with Crippen molar-refractivity contribution in [3.8, 4) is 23.7 Å². The van der Waals surface area contributed by atoms with Crippen molar-refractivity contribution in [2.75, 3.05) is 0 Å². The number of allylic oxidation sites excluding steroid dienone is 18. The van der Waals surface area contributed by atoms with Gasteiger partial charge < -0.3 is 10.2 Å². The molecule has 2 nitrogen and oxygen atoms in total. The molecule has 2 N–H and O–H groups in total. The van der Waals surface area contributed by atoms with E-state index < -0.39 is 22.0 Å². The topological polar surface area (TPSA) is 40.5 Å². The molecule has 0 spiro atoms. The van der Waals surface area contributed by atoms with Gasteiger partial charge in [0.05, 0.1) is 0 Å². The quantitative estimate of drug-likeness (QED) is 0.275. The second kappa shape index (κ2) is 16.0. The van der Waals surface area contributed by atoms with Gasteiger partial charge in [-0.05, 0) is 23.0 Å². The van der Waals surface area contributed by atoms with Crippen LogP contribution in [-0.2, 0) is 0 Å². The minimum Gasteiger partial charge on any atom is -0.373 e. The Morgan fingerprint density at radius 2 is 0.659 bits per heavy atom. The average Bonchev–Trinajstić information content (AvgIpc) is 2.86. The Bertz CT molecular complexity index is 1280. The third kappa shape index (κ3) is 13.0. The predicted octanol–water partition coefficient (Wildman–Crippen LogP) is 9.96. The van der Waals surface area contributed by atoms with Gasteiger partial charge in [-0.3, -0.25) is 0 Å². The van der Waals surface area contributed by atoms with Crippen molar-refractivity contribution >= 4 is 0 Å². The molecule has 0 bridgehead atoms. The van der Waals surface area contributed by atoms with Crippen molar-refractivity contribution in [2.24, 2.45) is 21.7 Å². The first-order valence-corrected chi connectivity index (χ1v) is 15.4. The van der Waals surface area contributed by atoms with Crippen LogP contribution in [-0.4, -0.2) is 21.4 Å². The molecule has 0 saturated carbocycles. The summed E-state index contributed by atoms with van der Waals surface area (Å²) in [5.41, 5.74) is -2.13. The van der Waals surface area contributed by atoms with E-state index in [-0.39, 0.29) is 10.8 Å². The molecule has 0 fully saturated rings. The first-order valence-electron chi connectivity index (χ1n) is 15.4. The molecule has 0 radical (unpaired) electrons. The SMILES string of the molecule is CC(C)(C)/C1=C/C=C/C=C/C=C/C=C/C(O)(C(C)(C)C)C#C\C(C(C)(C)C)=C/C=C/C=C/C=C/C=C/C(O)(C(C)(C)C)C#C1. The smallest absolute Gasteiger partial charge is 0.149 e. The molecule has 2 heteroatoms. The fourth-order valence-electron chi connectivity index (χ4n) is 3.58. The van der Waals surface area contributed by atoms with Crippen LogP contribution in [0.25, 0.3) is 0 Å². The molecule has 0 amide bonds. The summed E-state index contributed by atoms with van der Waals surface area (Å²) >= 11 is 0. The minimum absolute atomic E-state index is 0.190. The van der Waals surface area contributed by atoms with E-state index in [0.29, 0.717) is 0 Å². The summed E-state index contributed by atoms with van der Waals surface area (Å²) in [5.74, 6) is 12.9. The molecule has 0 aliphatic heterocycles. The molecule has 0 heterocycles. The Labute approximate surface area is 269 Å². The van der Waals surface area contributed by atoms with Crippen LogP contribution in [0, 0.1) is 45.3 Å². The number of hydrogen-bond donors (Lipinski definition) is 2. The first-order chi connectivity index (χ1) is 20.1. The fourth-order valence-corrected chi connectivity index (χ4v) is 3.58. The lowest BCUT2D eigenvalue weighted by Crippen LogP contribution is -2.39. The van der Waals surface area contributed by atoms with E-state index >= 15 is 0 Å². The molecule has 2 unspecified atom stereocenters. The second-order valence-corrected chi connectivity index (χ2v) is 15.2. The molecular formula is C42H56O2. The highest BCUT2D eigenvalue weighted by Crippen LogP contribution is 2.33. The zero-order valence-corrected chi connectivity index (χ0v) is 29.3. The summed E-state index contributed by atoms with van der Waals surface area (Å²) in [6.45, 7) is 24.6. The van der Waals surface area contributed by atoms with Crippen molar-refractivity contribution in [3.05, 3.63) is 121 Å². The maximum Gasteiger partial charge on any atom is 0.149 e. The number of rotatable bonds is 0. The Balaban J connectivity index is 3.69. The molecule has 236 valence electrons. The lowest BCUT2D eigenvalue weighted by atomic mass is 9.76. The van der Waals surface area contributed by atoms with Gasteiger partial charge in [0.2, 0.25) is 0 Å². The first kappa shape index (κ1) is 38.5. The third-order valence-electron chi connectivity index (χ3n) is 7.21. The number of hydrogen-bond acceptors (Lipinski definition) is 2. The molecule has 0 saturated heterocycles. The Morgan fingerprint density at radius 3 is 0.909 bits per heavy atom. The van der Waals surface area contributed by atoms with Gasteiger partial charge in [-0.1, -0.05) is 204 Å². The molecule has 2 atom stereocenters. The van der Waals surface area contributed by atoms with E-state index in [0.717, 1.165) is 11.1 Å². The molecule has 1 rings (SSSR count). The van der Waals surface area contributed by atoms with E-state index in [9.17, 15) is 10.2 Å². The van der Waals surface area contributed by atoms with Gasteiger partial charge in [0.1, 0.15) is 11.2 Å². The van der Waals surface area contributed by atoms with Crippen LogP contribution in [0.4, 0.5) is 0 Å². The Morgan fingerprint density at radius 1 is 0.409 bits per heavy atom. The zero-order valence-electron chi connectivity index (χ0n) is 29.3. The molecule has 0 aromatic rings. The third-order valence-corrected chi connectivity index (χ3v) is 7.21. The molecule has 0 aromatic carbocycles. The van der Waals surface area contributed by atoms with E-state index in [1.54, 1.807) is 12.2 Å². The van der Waals surface area contributed by atoms with Crippen molar-refractivity contribution in [3.63, 3.8) is 0 Å². The monoisotopic (exact) mass is 592 g/mol. The molecule has 0 aromatic heterocycles. The van der Waals surface area contributed by atoms with Crippen molar-refractivity contribution in [1.29, 1.82) is 0 Å².